The van der Waals surface area contributed by atoms with Crippen LogP contribution < -0.4 is 5.32 Å². The van der Waals surface area contributed by atoms with Crippen molar-refractivity contribution in [1.29, 1.82) is 0 Å². The first-order valence-corrected chi connectivity index (χ1v) is 8.65. The van der Waals surface area contributed by atoms with Gasteiger partial charge in [-0.15, -0.1) is 0 Å². The molecular formula is C18H27N3O2. The molecule has 1 aliphatic heterocycles. The molecular weight excluding hydrogens is 290 g/mol. The maximum Gasteiger partial charge on any atom is 0.257 e. The predicted octanol–water partition coefficient (Wildman–Crippen LogP) is 2.93. The lowest BCUT2D eigenvalue weighted by atomic mass is 9.66. The summed E-state index contributed by atoms with van der Waals surface area (Å²) in [6.07, 6.45) is 5.40. The maximum atomic E-state index is 12.9. The van der Waals surface area contributed by atoms with Crippen molar-refractivity contribution in [3.63, 3.8) is 0 Å². The summed E-state index contributed by atoms with van der Waals surface area (Å²) in [6, 6.07) is 3.95. The molecule has 5 heteroatoms. The van der Waals surface area contributed by atoms with Crippen molar-refractivity contribution in [2.24, 2.45) is 5.41 Å². The van der Waals surface area contributed by atoms with Gasteiger partial charge in [-0.1, -0.05) is 0 Å². The largest absolute Gasteiger partial charge is 0.378 e. The topological polar surface area (TPSA) is 54.5 Å². The number of carbonyl (C=O) groups excluding carboxylic acids is 1. The van der Waals surface area contributed by atoms with Crippen LogP contribution in [0.4, 0.5) is 5.82 Å². The zero-order chi connectivity index (χ0) is 16.4. The lowest BCUT2D eigenvalue weighted by Gasteiger charge is -2.44. The molecule has 126 valence electrons. The second kappa shape index (κ2) is 6.48. The molecule has 2 fully saturated rings. The molecule has 1 spiro atoms. The fraction of sp³-hybridized carbons (Fsp3) is 0.667. The van der Waals surface area contributed by atoms with Crippen molar-refractivity contribution >= 4 is 11.7 Å². The van der Waals surface area contributed by atoms with Crippen molar-refractivity contribution < 1.29 is 9.53 Å². The molecule has 2 aliphatic rings. The molecule has 0 aromatic carbocycles. The van der Waals surface area contributed by atoms with Crippen LogP contribution in [0.2, 0.25) is 0 Å². The Bertz CT molecular complexity index is 567. The fourth-order valence-electron chi connectivity index (χ4n) is 3.84. The smallest absolute Gasteiger partial charge is 0.257 e. The first kappa shape index (κ1) is 16.2. The highest BCUT2D eigenvalue weighted by atomic mass is 16.5. The van der Waals surface area contributed by atoms with E-state index in [-0.39, 0.29) is 11.9 Å². The van der Waals surface area contributed by atoms with Gasteiger partial charge in [0.25, 0.3) is 5.91 Å². The van der Waals surface area contributed by atoms with Gasteiger partial charge in [-0.25, -0.2) is 4.98 Å². The SMILES string of the molecule is CCOC1CC2(CCN(C(=O)c3cccnc3NC(C)C)C2)C1. The molecule has 1 aromatic rings. The van der Waals surface area contributed by atoms with Gasteiger partial charge in [-0.3, -0.25) is 4.79 Å². The summed E-state index contributed by atoms with van der Waals surface area (Å²) < 4.78 is 5.68. The summed E-state index contributed by atoms with van der Waals surface area (Å²) in [5, 5.41) is 3.27. The Morgan fingerprint density at radius 1 is 1.52 bits per heavy atom. The van der Waals surface area contributed by atoms with E-state index in [1.807, 2.05) is 24.0 Å². The average Bonchev–Trinajstić information content (AvgIpc) is 2.92. The highest BCUT2D eigenvalue weighted by Gasteiger charge is 2.50. The van der Waals surface area contributed by atoms with Gasteiger partial charge >= 0.3 is 0 Å². The monoisotopic (exact) mass is 317 g/mol. The van der Waals surface area contributed by atoms with Crippen LogP contribution in [0.25, 0.3) is 0 Å². The van der Waals surface area contributed by atoms with Crippen LogP contribution in [0.15, 0.2) is 18.3 Å². The molecule has 1 amide bonds. The Morgan fingerprint density at radius 3 is 3.00 bits per heavy atom. The van der Waals surface area contributed by atoms with Crippen LogP contribution in [0.1, 0.15) is 50.4 Å². The van der Waals surface area contributed by atoms with E-state index in [1.54, 1.807) is 6.20 Å². The summed E-state index contributed by atoms with van der Waals surface area (Å²) in [5.74, 6) is 0.784. The number of hydrogen-bond acceptors (Lipinski definition) is 4. The Kier molecular flexibility index (Phi) is 4.57. The minimum absolute atomic E-state index is 0.0954. The van der Waals surface area contributed by atoms with Crippen LogP contribution in [-0.2, 0) is 4.74 Å². The van der Waals surface area contributed by atoms with Crippen molar-refractivity contribution in [3.05, 3.63) is 23.9 Å². The van der Waals surface area contributed by atoms with E-state index in [0.717, 1.165) is 39.0 Å². The molecule has 1 N–H and O–H groups in total. The van der Waals surface area contributed by atoms with Gasteiger partial charge in [0.15, 0.2) is 0 Å². The molecule has 1 saturated heterocycles. The van der Waals surface area contributed by atoms with Gasteiger partial charge in [0.05, 0.1) is 11.7 Å². The summed E-state index contributed by atoms with van der Waals surface area (Å²) >= 11 is 0. The third kappa shape index (κ3) is 3.34. The molecule has 1 aliphatic carbocycles. The number of ether oxygens (including phenoxy) is 1. The number of carbonyl (C=O) groups is 1. The van der Waals surface area contributed by atoms with Crippen molar-refractivity contribution in [2.75, 3.05) is 25.0 Å². The molecule has 3 rings (SSSR count). The number of aromatic nitrogens is 1. The third-order valence-electron chi connectivity index (χ3n) is 4.91. The number of amides is 1. The van der Waals surface area contributed by atoms with E-state index >= 15 is 0 Å². The van der Waals surface area contributed by atoms with Gasteiger partial charge in [0.2, 0.25) is 0 Å². The number of anilines is 1. The van der Waals surface area contributed by atoms with Gasteiger partial charge < -0.3 is 15.0 Å². The second-order valence-electron chi connectivity index (χ2n) is 7.16. The van der Waals surface area contributed by atoms with Crippen LogP contribution in [-0.4, -0.2) is 47.6 Å². The lowest BCUT2D eigenvalue weighted by molar-refractivity contribution is -0.0707. The second-order valence-corrected chi connectivity index (χ2v) is 7.16. The summed E-state index contributed by atoms with van der Waals surface area (Å²) in [5.41, 5.74) is 0.975. The van der Waals surface area contributed by atoms with Crippen LogP contribution >= 0.6 is 0 Å². The van der Waals surface area contributed by atoms with Gasteiger partial charge in [-0.05, 0) is 57.6 Å². The van der Waals surface area contributed by atoms with E-state index in [1.165, 1.54) is 0 Å². The van der Waals surface area contributed by atoms with E-state index in [4.69, 9.17) is 4.74 Å². The third-order valence-corrected chi connectivity index (χ3v) is 4.91. The first-order chi connectivity index (χ1) is 11.0. The Balaban J connectivity index is 1.66. The molecule has 2 heterocycles. The summed E-state index contributed by atoms with van der Waals surface area (Å²) in [4.78, 5) is 19.2. The molecule has 0 atom stereocenters. The molecule has 0 radical (unpaired) electrons. The minimum atomic E-state index is 0.0954. The molecule has 23 heavy (non-hydrogen) atoms. The van der Waals surface area contributed by atoms with Gasteiger partial charge in [0, 0.05) is 31.9 Å². The Morgan fingerprint density at radius 2 is 2.30 bits per heavy atom. The number of nitrogens with one attached hydrogen (secondary N) is 1. The fourth-order valence-corrected chi connectivity index (χ4v) is 3.84. The standard InChI is InChI=1S/C18H27N3O2/c1-4-23-14-10-18(11-14)7-9-21(12-18)17(22)15-6-5-8-19-16(15)20-13(2)3/h5-6,8,13-14H,4,7,9-12H2,1-3H3,(H,19,20). The van der Waals surface area contributed by atoms with Gasteiger partial charge in [0.1, 0.15) is 5.82 Å². The molecule has 1 saturated carbocycles. The van der Waals surface area contributed by atoms with Gasteiger partial charge in [-0.2, -0.15) is 0 Å². The van der Waals surface area contributed by atoms with Crippen molar-refractivity contribution in [1.82, 2.24) is 9.88 Å². The Hall–Kier alpha value is -1.62. The van der Waals surface area contributed by atoms with Crippen LogP contribution in [0.3, 0.4) is 0 Å². The summed E-state index contributed by atoms with van der Waals surface area (Å²) in [6.45, 7) is 8.62. The number of likely N-dealkylation sites (tertiary alicyclic amines) is 1. The quantitative estimate of drug-likeness (QED) is 0.907. The van der Waals surface area contributed by atoms with Crippen LogP contribution in [0, 0.1) is 5.41 Å². The van der Waals surface area contributed by atoms with Crippen molar-refractivity contribution in [3.8, 4) is 0 Å². The minimum Gasteiger partial charge on any atom is -0.378 e. The lowest BCUT2D eigenvalue weighted by Crippen LogP contribution is -2.45. The molecule has 0 bridgehead atoms. The van der Waals surface area contributed by atoms with E-state index in [2.05, 4.69) is 24.1 Å². The predicted molar refractivity (Wildman–Crippen MR) is 90.6 cm³/mol. The van der Waals surface area contributed by atoms with Crippen LogP contribution in [0.5, 0.6) is 0 Å². The van der Waals surface area contributed by atoms with E-state index < -0.39 is 0 Å². The first-order valence-electron chi connectivity index (χ1n) is 8.65. The van der Waals surface area contributed by atoms with E-state index in [9.17, 15) is 4.79 Å². The maximum absolute atomic E-state index is 12.9. The molecule has 5 nitrogen and oxygen atoms in total. The zero-order valence-corrected chi connectivity index (χ0v) is 14.3. The molecule has 1 aromatic heterocycles. The highest BCUT2D eigenvalue weighted by molar-refractivity contribution is 5.99. The summed E-state index contributed by atoms with van der Waals surface area (Å²) in [7, 11) is 0. The number of pyridine rings is 1. The number of hydrogen-bond donors (Lipinski definition) is 1. The van der Waals surface area contributed by atoms with E-state index in [0.29, 0.717) is 22.9 Å². The normalized spacial score (nSPS) is 26.6. The highest BCUT2D eigenvalue weighted by Crippen LogP contribution is 2.49. The number of nitrogens with zero attached hydrogens (tertiary/aromatic N) is 2. The average molecular weight is 317 g/mol. The number of rotatable bonds is 5. The molecule has 0 unspecified atom stereocenters. The zero-order valence-electron chi connectivity index (χ0n) is 14.3. The Labute approximate surface area is 138 Å². The van der Waals surface area contributed by atoms with Crippen molar-refractivity contribution in [2.45, 2.75) is 52.2 Å².